The lowest BCUT2D eigenvalue weighted by atomic mass is 10.0. The van der Waals surface area contributed by atoms with Gasteiger partial charge in [0.2, 0.25) is 5.91 Å². The molecule has 3 fully saturated rings. The van der Waals surface area contributed by atoms with Gasteiger partial charge in [-0.25, -0.2) is 0 Å². The van der Waals surface area contributed by atoms with Crippen molar-refractivity contribution in [3.8, 4) is 0 Å². The van der Waals surface area contributed by atoms with Gasteiger partial charge in [-0.1, -0.05) is 13.3 Å². The summed E-state index contributed by atoms with van der Waals surface area (Å²) in [5, 5.41) is 3.17. The molecule has 0 aliphatic heterocycles. The molecule has 2 bridgehead atoms. The van der Waals surface area contributed by atoms with Gasteiger partial charge in [0.05, 0.1) is 5.38 Å². The molecule has 0 aromatic heterocycles. The Morgan fingerprint density at radius 1 is 1.35 bits per heavy atom. The molecule has 3 heteroatoms. The quantitative estimate of drug-likeness (QED) is 0.752. The van der Waals surface area contributed by atoms with Gasteiger partial charge < -0.3 is 5.32 Å². The zero-order chi connectivity index (χ0) is 12.0. The molecule has 0 radical (unpaired) electrons. The number of hydrogen-bond donors (Lipinski definition) is 1. The van der Waals surface area contributed by atoms with Crippen LogP contribution in [0.5, 0.6) is 0 Å². The van der Waals surface area contributed by atoms with Gasteiger partial charge >= 0.3 is 0 Å². The molecule has 0 aromatic carbocycles. The van der Waals surface area contributed by atoms with Crippen molar-refractivity contribution >= 4 is 17.5 Å². The van der Waals surface area contributed by atoms with Crippen molar-refractivity contribution in [2.45, 2.75) is 44.4 Å². The van der Waals surface area contributed by atoms with Crippen molar-refractivity contribution in [2.75, 3.05) is 6.54 Å². The Morgan fingerprint density at radius 3 is 2.59 bits per heavy atom. The average Bonchev–Trinajstić information content (AvgIpc) is 2.75. The van der Waals surface area contributed by atoms with Gasteiger partial charge in [-0.15, -0.1) is 11.6 Å². The normalized spacial score (nSPS) is 43.3. The maximum absolute atomic E-state index is 12.1. The van der Waals surface area contributed by atoms with Gasteiger partial charge in [0.1, 0.15) is 0 Å². The number of fused-ring (bicyclic) bond motifs is 5. The smallest absolute Gasteiger partial charge is 0.223 e. The summed E-state index contributed by atoms with van der Waals surface area (Å²) in [6.45, 7) is 2.78. The lowest BCUT2D eigenvalue weighted by Crippen LogP contribution is -2.32. The van der Waals surface area contributed by atoms with Crippen molar-refractivity contribution in [1.82, 2.24) is 5.32 Å². The molecule has 17 heavy (non-hydrogen) atoms. The van der Waals surface area contributed by atoms with E-state index in [1.165, 1.54) is 19.3 Å². The first kappa shape index (κ1) is 11.8. The van der Waals surface area contributed by atoms with Crippen molar-refractivity contribution in [2.24, 2.45) is 29.6 Å². The molecule has 3 aliphatic rings. The summed E-state index contributed by atoms with van der Waals surface area (Å²) < 4.78 is 0. The predicted octanol–water partition coefficient (Wildman–Crippen LogP) is 2.80. The minimum atomic E-state index is 0.110. The Kier molecular flexibility index (Phi) is 3.10. The molecule has 0 spiro atoms. The standard InChI is InChI=1S/C14H22ClNO/c1-2-3-10(15)7-16-14(17)13-11-8-4-5-9(6-8)12(11)13/h8-13H,2-7H2,1H3,(H,16,17). The Bertz CT molecular complexity index is 303. The van der Waals surface area contributed by atoms with Crippen LogP contribution in [0.15, 0.2) is 0 Å². The number of alkyl halides is 1. The van der Waals surface area contributed by atoms with Gasteiger partial charge in [0, 0.05) is 12.5 Å². The highest BCUT2D eigenvalue weighted by Crippen LogP contribution is 2.69. The second-order valence-corrected chi connectivity index (χ2v) is 6.76. The van der Waals surface area contributed by atoms with Crippen LogP contribution in [0.2, 0.25) is 0 Å². The number of nitrogens with one attached hydrogen (secondary N) is 1. The topological polar surface area (TPSA) is 29.1 Å². The molecule has 96 valence electrons. The summed E-state index contributed by atoms with van der Waals surface area (Å²) >= 11 is 6.13. The van der Waals surface area contributed by atoms with Gasteiger partial charge in [-0.2, -0.15) is 0 Å². The fourth-order valence-corrected chi connectivity index (χ4v) is 4.72. The van der Waals surface area contributed by atoms with Gasteiger partial charge in [0.15, 0.2) is 0 Å². The molecule has 3 rings (SSSR count). The molecule has 3 aliphatic carbocycles. The third-order valence-corrected chi connectivity index (χ3v) is 5.51. The van der Waals surface area contributed by atoms with Crippen LogP contribution >= 0.6 is 11.6 Å². The lowest BCUT2D eigenvalue weighted by molar-refractivity contribution is -0.123. The number of halogens is 1. The zero-order valence-electron chi connectivity index (χ0n) is 10.5. The fourth-order valence-electron chi connectivity index (χ4n) is 4.42. The molecular formula is C14H22ClNO. The Balaban J connectivity index is 1.46. The molecule has 3 saturated carbocycles. The van der Waals surface area contributed by atoms with Crippen LogP contribution in [0.25, 0.3) is 0 Å². The summed E-state index contributed by atoms with van der Waals surface area (Å²) in [6.07, 6.45) is 6.24. The third-order valence-electron chi connectivity index (χ3n) is 5.14. The minimum absolute atomic E-state index is 0.110. The van der Waals surface area contributed by atoms with Crippen LogP contribution in [-0.2, 0) is 4.79 Å². The van der Waals surface area contributed by atoms with Crippen LogP contribution in [0, 0.1) is 29.6 Å². The number of carbonyl (C=O) groups is 1. The van der Waals surface area contributed by atoms with Crippen molar-refractivity contribution in [1.29, 1.82) is 0 Å². The first-order chi connectivity index (χ1) is 8.22. The van der Waals surface area contributed by atoms with E-state index in [0.29, 0.717) is 18.4 Å². The highest BCUT2D eigenvalue weighted by atomic mass is 35.5. The molecule has 0 aromatic rings. The van der Waals surface area contributed by atoms with Crippen molar-refractivity contribution in [3.63, 3.8) is 0 Å². The van der Waals surface area contributed by atoms with Crippen LogP contribution < -0.4 is 5.32 Å². The highest BCUT2D eigenvalue weighted by molar-refractivity contribution is 6.20. The van der Waals surface area contributed by atoms with Crippen LogP contribution in [0.4, 0.5) is 0 Å². The highest BCUT2D eigenvalue weighted by Gasteiger charge is 2.67. The summed E-state index contributed by atoms with van der Waals surface area (Å²) in [4.78, 5) is 12.1. The SMILES string of the molecule is CCCC(Cl)CNC(=O)C1C2C3CCC(C3)C12. The first-order valence-electron chi connectivity index (χ1n) is 7.14. The number of hydrogen-bond acceptors (Lipinski definition) is 1. The number of carbonyl (C=O) groups excluding carboxylic acids is 1. The first-order valence-corrected chi connectivity index (χ1v) is 7.57. The Morgan fingerprint density at radius 2 is 2.00 bits per heavy atom. The molecule has 1 amide bonds. The van der Waals surface area contributed by atoms with Gasteiger partial charge in [-0.05, 0) is 49.4 Å². The molecule has 5 unspecified atom stereocenters. The van der Waals surface area contributed by atoms with E-state index in [4.69, 9.17) is 11.6 Å². The van der Waals surface area contributed by atoms with E-state index in [2.05, 4.69) is 12.2 Å². The lowest BCUT2D eigenvalue weighted by Gasteiger charge is -2.12. The van der Waals surface area contributed by atoms with Crippen molar-refractivity contribution in [3.05, 3.63) is 0 Å². The summed E-state index contributed by atoms with van der Waals surface area (Å²) in [6, 6.07) is 0. The van der Waals surface area contributed by atoms with E-state index in [0.717, 1.165) is 36.5 Å². The van der Waals surface area contributed by atoms with E-state index in [-0.39, 0.29) is 5.38 Å². The van der Waals surface area contributed by atoms with Gasteiger partial charge in [0.25, 0.3) is 0 Å². The predicted molar refractivity (Wildman–Crippen MR) is 68.9 cm³/mol. The number of rotatable bonds is 5. The Hall–Kier alpha value is -0.240. The second-order valence-electron chi connectivity index (χ2n) is 6.14. The molecule has 0 saturated heterocycles. The summed E-state index contributed by atoms with van der Waals surface area (Å²) in [5.41, 5.74) is 0. The third kappa shape index (κ3) is 1.99. The molecule has 1 N–H and O–H groups in total. The maximum Gasteiger partial charge on any atom is 0.223 e. The minimum Gasteiger partial charge on any atom is -0.354 e. The van der Waals surface area contributed by atoms with Crippen molar-refractivity contribution < 1.29 is 4.79 Å². The monoisotopic (exact) mass is 255 g/mol. The average molecular weight is 256 g/mol. The second kappa shape index (κ2) is 4.46. The van der Waals surface area contributed by atoms with Crippen LogP contribution in [0.3, 0.4) is 0 Å². The maximum atomic E-state index is 12.1. The van der Waals surface area contributed by atoms with E-state index >= 15 is 0 Å². The fraction of sp³-hybridized carbons (Fsp3) is 0.929. The van der Waals surface area contributed by atoms with E-state index in [9.17, 15) is 4.79 Å². The van der Waals surface area contributed by atoms with E-state index in [1.54, 1.807) is 0 Å². The van der Waals surface area contributed by atoms with Crippen LogP contribution in [0.1, 0.15) is 39.0 Å². The largest absolute Gasteiger partial charge is 0.354 e. The van der Waals surface area contributed by atoms with Crippen LogP contribution in [-0.4, -0.2) is 17.8 Å². The molecule has 0 heterocycles. The van der Waals surface area contributed by atoms with E-state index in [1.807, 2.05) is 0 Å². The number of amides is 1. The molecule has 2 nitrogen and oxygen atoms in total. The van der Waals surface area contributed by atoms with E-state index < -0.39 is 0 Å². The molecular weight excluding hydrogens is 234 g/mol. The van der Waals surface area contributed by atoms with Gasteiger partial charge in [-0.3, -0.25) is 4.79 Å². The molecule has 5 atom stereocenters. The summed E-state index contributed by atoms with van der Waals surface area (Å²) in [5.74, 6) is 3.89. The zero-order valence-corrected chi connectivity index (χ0v) is 11.2. The summed E-state index contributed by atoms with van der Waals surface area (Å²) in [7, 11) is 0. The Labute approximate surface area is 108 Å².